The summed E-state index contributed by atoms with van der Waals surface area (Å²) in [5.74, 6) is 0.449. The van der Waals surface area contributed by atoms with E-state index in [1.807, 2.05) is 55.5 Å². The van der Waals surface area contributed by atoms with E-state index in [1.165, 1.54) is 10.5 Å². The summed E-state index contributed by atoms with van der Waals surface area (Å²) in [5, 5.41) is 9.49. The number of para-hydroxylation sites is 1. The van der Waals surface area contributed by atoms with Crippen LogP contribution in [0.2, 0.25) is 5.02 Å². The Bertz CT molecular complexity index is 1020. The summed E-state index contributed by atoms with van der Waals surface area (Å²) in [5.41, 5.74) is 2.33. The van der Waals surface area contributed by atoms with Crippen LogP contribution in [-0.4, -0.2) is 68.5 Å². The molecule has 8 nitrogen and oxygen atoms in total. The highest BCUT2D eigenvalue weighted by molar-refractivity contribution is 6.30. The van der Waals surface area contributed by atoms with E-state index >= 15 is 0 Å². The number of ether oxygens (including phenoxy) is 1. The van der Waals surface area contributed by atoms with Crippen LogP contribution in [0.5, 0.6) is 5.75 Å². The minimum Gasteiger partial charge on any atom is -0.492 e. The fraction of sp³-hybridized carbons (Fsp3) is 0.464. The highest BCUT2D eigenvalue weighted by Crippen LogP contribution is 2.33. The van der Waals surface area contributed by atoms with Crippen LogP contribution in [0.25, 0.3) is 0 Å². The highest BCUT2D eigenvalue weighted by atomic mass is 35.5. The lowest BCUT2D eigenvalue weighted by atomic mass is 10.1. The molecule has 3 N–H and O–H groups in total. The number of hydrogen-bond acceptors (Lipinski definition) is 5. The van der Waals surface area contributed by atoms with Gasteiger partial charge in [0.1, 0.15) is 12.4 Å². The maximum Gasteiger partial charge on any atom is 0.240 e. The number of nitrogens with one attached hydrogen (secondary N) is 3. The lowest BCUT2D eigenvalue weighted by Crippen LogP contribution is -2.50. The second-order valence-corrected chi connectivity index (χ2v) is 9.88. The second kappa shape index (κ2) is 14.6. The monoisotopic (exact) mass is 528 g/mol. The molecule has 2 aromatic carbocycles. The third-order valence-electron chi connectivity index (χ3n) is 6.22. The molecule has 1 aliphatic heterocycles. The van der Waals surface area contributed by atoms with Crippen molar-refractivity contribution in [1.82, 2.24) is 20.9 Å². The summed E-state index contributed by atoms with van der Waals surface area (Å²) in [6, 6.07) is 15.3. The average Bonchev–Trinajstić information content (AvgIpc) is 3.73. The molecule has 0 spiro atoms. The number of hydrogen-bond donors (Lipinski definition) is 3. The van der Waals surface area contributed by atoms with Crippen LogP contribution in [0.4, 0.5) is 0 Å². The van der Waals surface area contributed by atoms with Crippen LogP contribution >= 0.6 is 11.6 Å². The predicted octanol–water partition coefficient (Wildman–Crippen LogP) is 2.72. The Hall–Kier alpha value is -3.10. The summed E-state index contributed by atoms with van der Waals surface area (Å²) < 4.78 is 5.94. The van der Waals surface area contributed by atoms with Gasteiger partial charge in [-0.1, -0.05) is 47.5 Å². The Kier molecular flexibility index (Phi) is 11.2. The number of benzene rings is 2. The van der Waals surface area contributed by atoms with Gasteiger partial charge in [-0.3, -0.25) is 14.4 Å². The molecule has 200 valence electrons. The van der Waals surface area contributed by atoms with Gasteiger partial charge >= 0.3 is 0 Å². The molecule has 1 heterocycles. The molecule has 1 aliphatic carbocycles. The highest BCUT2D eigenvalue weighted by Gasteiger charge is 2.37. The molecular formula is C28H37ClN4O4. The smallest absolute Gasteiger partial charge is 0.240 e. The first-order valence-corrected chi connectivity index (χ1v) is 13.2. The van der Waals surface area contributed by atoms with E-state index in [-0.39, 0.29) is 36.9 Å². The van der Waals surface area contributed by atoms with Crippen molar-refractivity contribution in [2.24, 2.45) is 5.92 Å². The fourth-order valence-corrected chi connectivity index (χ4v) is 4.11. The van der Waals surface area contributed by atoms with Crippen LogP contribution < -0.4 is 20.7 Å². The van der Waals surface area contributed by atoms with E-state index in [1.54, 1.807) is 7.05 Å². The number of carbonyl (C=O) groups excluding carboxylic acids is 3. The van der Waals surface area contributed by atoms with Gasteiger partial charge in [-0.2, -0.15) is 0 Å². The van der Waals surface area contributed by atoms with Crippen LogP contribution in [0.3, 0.4) is 0 Å². The normalized spacial score (nSPS) is 20.1. The number of aryl methyl sites for hydroxylation is 2. The Morgan fingerprint density at radius 1 is 0.946 bits per heavy atom. The zero-order valence-electron chi connectivity index (χ0n) is 21.6. The largest absolute Gasteiger partial charge is 0.492 e. The molecular weight excluding hydrogens is 492 g/mol. The molecule has 0 aromatic heterocycles. The second-order valence-electron chi connectivity index (χ2n) is 9.45. The lowest BCUT2D eigenvalue weighted by Gasteiger charge is -2.24. The fourth-order valence-electron chi connectivity index (χ4n) is 3.98. The zero-order valence-corrected chi connectivity index (χ0v) is 22.4. The van der Waals surface area contributed by atoms with E-state index in [0.717, 1.165) is 42.0 Å². The molecule has 9 heteroatoms. The number of carbonyl (C=O) groups is 3. The zero-order chi connectivity index (χ0) is 26.6. The first kappa shape index (κ1) is 28.5. The molecule has 1 unspecified atom stereocenters. The Morgan fingerprint density at radius 2 is 1.68 bits per heavy atom. The van der Waals surface area contributed by atoms with E-state index in [4.69, 9.17) is 16.3 Å². The SMILES string of the molecule is CN1CC(=O)NCC(=O)NCCCc2ccccc2OCCNC(C2CC2)C1=O.Cc1ccc(Cl)cc1. The van der Waals surface area contributed by atoms with Gasteiger partial charge in [0.2, 0.25) is 17.7 Å². The van der Waals surface area contributed by atoms with Crippen molar-refractivity contribution >= 4 is 29.3 Å². The minimum atomic E-state index is -0.344. The summed E-state index contributed by atoms with van der Waals surface area (Å²) in [6.45, 7) is 3.40. The molecule has 2 aliphatic rings. The molecule has 0 saturated heterocycles. The molecule has 3 amide bonds. The first-order chi connectivity index (χ1) is 17.8. The Morgan fingerprint density at radius 3 is 2.38 bits per heavy atom. The number of rotatable bonds is 1. The van der Waals surface area contributed by atoms with E-state index < -0.39 is 0 Å². The van der Waals surface area contributed by atoms with Gasteiger partial charge in [0.15, 0.2) is 0 Å². The molecule has 4 rings (SSSR count). The quantitative estimate of drug-likeness (QED) is 0.528. The summed E-state index contributed by atoms with van der Waals surface area (Å²) in [4.78, 5) is 38.2. The van der Waals surface area contributed by atoms with Crippen LogP contribution in [-0.2, 0) is 20.8 Å². The van der Waals surface area contributed by atoms with Gasteiger partial charge in [0.05, 0.1) is 19.1 Å². The number of fused-ring (bicyclic) bond motifs is 1. The van der Waals surface area contributed by atoms with Crippen LogP contribution in [0, 0.1) is 12.8 Å². The van der Waals surface area contributed by atoms with Gasteiger partial charge in [-0.15, -0.1) is 0 Å². The number of halogens is 1. The van der Waals surface area contributed by atoms with E-state index in [2.05, 4.69) is 16.0 Å². The van der Waals surface area contributed by atoms with Crippen molar-refractivity contribution < 1.29 is 19.1 Å². The number of likely N-dealkylation sites (N-methyl/N-ethyl adjacent to an activating group) is 1. The maximum absolute atomic E-state index is 12.8. The van der Waals surface area contributed by atoms with E-state index in [9.17, 15) is 14.4 Å². The van der Waals surface area contributed by atoms with Gasteiger partial charge in [0.25, 0.3) is 0 Å². The van der Waals surface area contributed by atoms with Crippen molar-refractivity contribution in [2.45, 2.75) is 38.6 Å². The van der Waals surface area contributed by atoms with Gasteiger partial charge in [-0.05, 0) is 62.3 Å². The molecule has 0 radical (unpaired) electrons. The number of amides is 3. The molecule has 1 atom stereocenters. The van der Waals surface area contributed by atoms with Crippen molar-refractivity contribution in [3.8, 4) is 5.75 Å². The van der Waals surface area contributed by atoms with Gasteiger partial charge < -0.3 is 25.6 Å². The molecule has 1 saturated carbocycles. The third-order valence-corrected chi connectivity index (χ3v) is 6.47. The Balaban J connectivity index is 0.000000405. The molecule has 1 fully saturated rings. The first-order valence-electron chi connectivity index (χ1n) is 12.8. The minimum absolute atomic E-state index is 0.0686. The molecule has 2 aromatic rings. The van der Waals surface area contributed by atoms with E-state index in [0.29, 0.717) is 25.6 Å². The van der Waals surface area contributed by atoms with Crippen LogP contribution in [0.1, 0.15) is 30.4 Å². The predicted molar refractivity (Wildman–Crippen MR) is 145 cm³/mol. The topological polar surface area (TPSA) is 99.8 Å². The average molecular weight is 529 g/mol. The Labute approximate surface area is 224 Å². The van der Waals surface area contributed by atoms with Crippen molar-refractivity contribution in [1.29, 1.82) is 0 Å². The maximum atomic E-state index is 12.8. The number of nitrogens with zero attached hydrogens (tertiary/aromatic N) is 1. The molecule has 0 bridgehead atoms. The summed E-state index contributed by atoms with van der Waals surface area (Å²) in [7, 11) is 1.62. The summed E-state index contributed by atoms with van der Waals surface area (Å²) >= 11 is 5.61. The van der Waals surface area contributed by atoms with Crippen LogP contribution in [0.15, 0.2) is 48.5 Å². The standard InChI is InChI=1S/C21H30N4O4.C7H7Cl/c1-25-14-19(27)24-13-18(26)22-10-4-6-15-5-2-3-7-17(15)29-12-11-23-20(21(25)28)16-8-9-16;1-6-2-4-7(8)5-3-6/h2-3,5,7,16,20,23H,4,6,8-14H2,1H3,(H,22,26)(H,24,27);2-5H,1H3. The molecule has 37 heavy (non-hydrogen) atoms. The summed E-state index contributed by atoms with van der Waals surface area (Å²) in [6.07, 6.45) is 3.57. The van der Waals surface area contributed by atoms with Gasteiger partial charge in [-0.25, -0.2) is 0 Å². The van der Waals surface area contributed by atoms with Gasteiger partial charge in [0, 0.05) is 25.2 Å². The lowest BCUT2D eigenvalue weighted by molar-refractivity contribution is -0.137. The van der Waals surface area contributed by atoms with Crippen molar-refractivity contribution in [3.05, 3.63) is 64.7 Å². The van der Waals surface area contributed by atoms with Crippen molar-refractivity contribution in [3.63, 3.8) is 0 Å². The third kappa shape index (κ3) is 10.1. The van der Waals surface area contributed by atoms with Crippen molar-refractivity contribution in [2.75, 3.05) is 39.8 Å².